The van der Waals surface area contributed by atoms with Gasteiger partial charge in [-0.05, 0) is 24.3 Å². The standard InChI is InChI=1S/C16H13Cl2NO4/c1-21-10-2-3-11(17)13(8-10)19-16(20)9-6-12(18)15-14(7-9)22-4-5-23-15/h2-3,6-8H,4-5H2,1H3,(H,19,20). The minimum absolute atomic E-state index is 0.323. The van der Waals surface area contributed by atoms with Crippen molar-refractivity contribution < 1.29 is 19.0 Å². The molecule has 7 heteroatoms. The minimum atomic E-state index is -0.362. The van der Waals surface area contributed by atoms with Crippen molar-refractivity contribution in [2.45, 2.75) is 0 Å². The van der Waals surface area contributed by atoms with Crippen molar-refractivity contribution in [2.24, 2.45) is 0 Å². The van der Waals surface area contributed by atoms with E-state index >= 15 is 0 Å². The van der Waals surface area contributed by atoms with E-state index in [1.165, 1.54) is 13.2 Å². The lowest BCUT2D eigenvalue weighted by atomic mass is 10.1. The van der Waals surface area contributed by atoms with Gasteiger partial charge in [0.2, 0.25) is 0 Å². The predicted octanol–water partition coefficient (Wildman–Crippen LogP) is 4.03. The van der Waals surface area contributed by atoms with Crippen molar-refractivity contribution in [3.05, 3.63) is 45.9 Å². The normalized spacial score (nSPS) is 12.7. The Kier molecular flexibility index (Phi) is 4.50. The molecule has 0 bridgehead atoms. The van der Waals surface area contributed by atoms with Crippen LogP contribution in [0.2, 0.25) is 10.0 Å². The summed E-state index contributed by atoms with van der Waals surface area (Å²) in [5.74, 6) is 1.13. The zero-order valence-corrected chi connectivity index (χ0v) is 13.7. The lowest BCUT2D eigenvalue weighted by Gasteiger charge is -2.20. The molecule has 5 nitrogen and oxygen atoms in total. The second-order valence-corrected chi connectivity index (χ2v) is 5.60. The first kappa shape index (κ1) is 15.8. The number of nitrogens with one attached hydrogen (secondary N) is 1. The van der Waals surface area contributed by atoms with Crippen molar-refractivity contribution >= 4 is 34.8 Å². The summed E-state index contributed by atoms with van der Waals surface area (Å²) >= 11 is 12.2. The zero-order valence-electron chi connectivity index (χ0n) is 12.2. The Balaban J connectivity index is 1.88. The van der Waals surface area contributed by atoms with E-state index in [-0.39, 0.29) is 5.91 Å². The van der Waals surface area contributed by atoms with Gasteiger partial charge in [0.15, 0.2) is 11.5 Å². The summed E-state index contributed by atoms with van der Waals surface area (Å²) in [6.07, 6.45) is 0. The fourth-order valence-electron chi connectivity index (χ4n) is 2.16. The SMILES string of the molecule is COc1ccc(Cl)c(NC(=O)c2cc(Cl)c3c(c2)OCCO3)c1. The molecule has 0 fully saturated rings. The Morgan fingerprint density at radius 1 is 1.13 bits per heavy atom. The van der Waals surface area contributed by atoms with E-state index in [9.17, 15) is 4.79 Å². The summed E-state index contributed by atoms with van der Waals surface area (Å²) in [6, 6.07) is 8.11. The highest BCUT2D eigenvalue weighted by Gasteiger charge is 2.19. The van der Waals surface area contributed by atoms with E-state index in [0.717, 1.165) is 0 Å². The third kappa shape index (κ3) is 3.30. The van der Waals surface area contributed by atoms with Gasteiger partial charge in [-0.15, -0.1) is 0 Å². The summed E-state index contributed by atoms with van der Waals surface area (Å²) in [5.41, 5.74) is 0.792. The van der Waals surface area contributed by atoms with Gasteiger partial charge in [-0.3, -0.25) is 4.79 Å². The van der Waals surface area contributed by atoms with Gasteiger partial charge in [-0.1, -0.05) is 23.2 Å². The Morgan fingerprint density at radius 2 is 1.91 bits per heavy atom. The molecule has 3 rings (SSSR count). The number of methoxy groups -OCH3 is 1. The van der Waals surface area contributed by atoms with Crippen LogP contribution in [0.15, 0.2) is 30.3 Å². The second kappa shape index (κ2) is 6.56. The number of hydrogen-bond donors (Lipinski definition) is 1. The molecule has 1 heterocycles. The highest BCUT2D eigenvalue weighted by Crippen LogP contribution is 2.38. The number of hydrogen-bond acceptors (Lipinski definition) is 4. The summed E-state index contributed by atoms with van der Waals surface area (Å²) in [4.78, 5) is 12.4. The van der Waals surface area contributed by atoms with E-state index in [1.807, 2.05) is 0 Å². The van der Waals surface area contributed by atoms with Gasteiger partial charge in [0, 0.05) is 11.6 Å². The molecule has 0 aromatic heterocycles. The molecule has 0 atom stereocenters. The number of carbonyl (C=O) groups excluding carboxylic acids is 1. The average molecular weight is 354 g/mol. The van der Waals surface area contributed by atoms with E-state index in [4.69, 9.17) is 37.4 Å². The van der Waals surface area contributed by atoms with Crippen LogP contribution >= 0.6 is 23.2 Å². The predicted molar refractivity (Wildman–Crippen MR) is 88.4 cm³/mol. The molecule has 1 N–H and O–H groups in total. The van der Waals surface area contributed by atoms with Crippen molar-refractivity contribution in [1.82, 2.24) is 0 Å². The van der Waals surface area contributed by atoms with Crippen LogP contribution in [-0.4, -0.2) is 26.2 Å². The van der Waals surface area contributed by atoms with Crippen LogP contribution in [0.3, 0.4) is 0 Å². The quantitative estimate of drug-likeness (QED) is 0.904. The van der Waals surface area contributed by atoms with Crippen LogP contribution in [-0.2, 0) is 0 Å². The third-order valence-corrected chi connectivity index (χ3v) is 3.89. The molecule has 0 saturated carbocycles. The van der Waals surface area contributed by atoms with Crippen LogP contribution in [0.1, 0.15) is 10.4 Å². The molecule has 1 amide bonds. The van der Waals surface area contributed by atoms with Crippen LogP contribution in [0.5, 0.6) is 17.2 Å². The fraction of sp³-hybridized carbons (Fsp3) is 0.188. The van der Waals surface area contributed by atoms with Gasteiger partial charge >= 0.3 is 0 Å². The highest BCUT2D eigenvalue weighted by molar-refractivity contribution is 6.34. The third-order valence-electron chi connectivity index (χ3n) is 3.28. The van der Waals surface area contributed by atoms with Gasteiger partial charge in [0.25, 0.3) is 5.91 Å². The molecule has 0 aliphatic carbocycles. The topological polar surface area (TPSA) is 56.8 Å². The molecule has 120 valence electrons. The van der Waals surface area contributed by atoms with Gasteiger partial charge in [-0.2, -0.15) is 0 Å². The number of halogens is 2. The van der Waals surface area contributed by atoms with Crippen molar-refractivity contribution in [1.29, 1.82) is 0 Å². The molecule has 23 heavy (non-hydrogen) atoms. The first-order chi connectivity index (χ1) is 11.1. The maximum Gasteiger partial charge on any atom is 0.255 e. The molecule has 1 aliphatic rings. The monoisotopic (exact) mass is 353 g/mol. The molecule has 0 radical (unpaired) electrons. The molecule has 1 aliphatic heterocycles. The summed E-state index contributed by atoms with van der Waals surface area (Å²) in [6.45, 7) is 0.841. The Bertz CT molecular complexity index is 764. The van der Waals surface area contributed by atoms with Gasteiger partial charge < -0.3 is 19.5 Å². The summed E-state index contributed by atoms with van der Waals surface area (Å²) in [5, 5.41) is 3.46. The van der Waals surface area contributed by atoms with Gasteiger partial charge in [-0.25, -0.2) is 0 Å². The smallest absolute Gasteiger partial charge is 0.255 e. The van der Waals surface area contributed by atoms with Crippen molar-refractivity contribution in [3.8, 4) is 17.2 Å². The molecule has 0 saturated heterocycles. The Morgan fingerprint density at radius 3 is 2.70 bits per heavy atom. The van der Waals surface area contributed by atoms with Crippen molar-refractivity contribution in [2.75, 3.05) is 25.6 Å². The number of rotatable bonds is 3. The number of carbonyl (C=O) groups is 1. The number of benzene rings is 2. The molecule has 0 unspecified atom stereocenters. The molecule has 2 aromatic carbocycles. The van der Waals surface area contributed by atoms with Crippen LogP contribution in [0.25, 0.3) is 0 Å². The summed E-state index contributed by atoms with van der Waals surface area (Å²) < 4.78 is 16.0. The number of anilines is 1. The zero-order chi connectivity index (χ0) is 16.4. The molecule has 2 aromatic rings. The van der Waals surface area contributed by atoms with E-state index in [2.05, 4.69) is 5.32 Å². The lowest BCUT2D eigenvalue weighted by Crippen LogP contribution is -2.17. The van der Waals surface area contributed by atoms with Crippen LogP contribution in [0.4, 0.5) is 5.69 Å². The highest BCUT2D eigenvalue weighted by atomic mass is 35.5. The maximum absolute atomic E-state index is 12.4. The average Bonchev–Trinajstić information content (AvgIpc) is 2.56. The van der Waals surface area contributed by atoms with Gasteiger partial charge in [0.05, 0.1) is 22.8 Å². The molecule has 0 spiro atoms. The summed E-state index contributed by atoms with van der Waals surface area (Å²) in [7, 11) is 1.54. The minimum Gasteiger partial charge on any atom is -0.497 e. The molecular formula is C16H13Cl2NO4. The van der Waals surface area contributed by atoms with Gasteiger partial charge in [0.1, 0.15) is 19.0 Å². The largest absolute Gasteiger partial charge is 0.497 e. The number of amides is 1. The first-order valence-electron chi connectivity index (χ1n) is 6.82. The van der Waals surface area contributed by atoms with Crippen LogP contribution in [0, 0.1) is 0 Å². The lowest BCUT2D eigenvalue weighted by molar-refractivity contribution is 0.102. The number of ether oxygens (including phenoxy) is 3. The van der Waals surface area contributed by atoms with Crippen molar-refractivity contribution in [3.63, 3.8) is 0 Å². The maximum atomic E-state index is 12.4. The van der Waals surface area contributed by atoms with E-state index in [1.54, 1.807) is 24.3 Å². The van der Waals surface area contributed by atoms with E-state index in [0.29, 0.717) is 51.8 Å². The number of fused-ring (bicyclic) bond motifs is 1. The first-order valence-corrected chi connectivity index (χ1v) is 7.58. The Hall–Kier alpha value is -2.11. The molecular weight excluding hydrogens is 341 g/mol. The van der Waals surface area contributed by atoms with E-state index < -0.39 is 0 Å². The van der Waals surface area contributed by atoms with Crippen LogP contribution < -0.4 is 19.5 Å². The Labute approximate surface area is 143 Å². The fourth-order valence-corrected chi connectivity index (χ4v) is 2.59. The second-order valence-electron chi connectivity index (χ2n) is 4.78.